The minimum Gasteiger partial charge on any atom is -0.372 e. The number of unbranched alkanes of at least 4 members (excludes halogenated alkanes) is 2. The van der Waals surface area contributed by atoms with Gasteiger partial charge in [-0.25, -0.2) is 0 Å². The largest absolute Gasteiger partial charge is 0.372 e. The van der Waals surface area contributed by atoms with E-state index in [-0.39, 0.29) is 12.4 Å². The topological polar surface area (TPSA) is 9.72 Å². The fraction of sp³-hybridized carbons (Fsp3) is 0.444. The molecular weight excluding hydrogens is 510 g/mol. The van der Waals surface area contributed by atoms with Gasteiger partial charge in [0.25, 0.3) is 0 Å². The van der Waals surface area contributed by atoms with E-state index in [0.717, 1.165) is 32.7 Å². The second kappa shape index (κ2) is 15.4. The zero-order valence-corrected chi connectivity index (χ0v) is 25.4. The minimum absolute atomic E-state index is 0. The number of fused-ring (bicyclic) bond motifs is 1. The highest BCUT2D eigenvalue weighted by molar-refractivity contribution is 5.85. The predicted octanol–water partition coefficient (Wildman–Crippen LogP) is 8.25. The van der Waals surface area contributed by atoms with Crippen LogP contribution in [0, 0.1) is 0 Å². The minimum atomic E-state index is 0. The monoisotopic (exact) mass is 557 g/mol. The van der Waals surface area contributed by atoms with E-state index in [1.54, 1.807) is 5.57 Å². The summed E-state index contributed by atoms with van der Waals surface area (Å²) in [6, 6.07) is 29.6. The van der Waals surface area contributed by atoms with Gasteiger partial charge in [-0.05, 0) is 60.1 Å². The molecule has 0 aromatic heterocycles. The Balaban J connectivity index is 0.00000370. The van der Waals surface area contributed by atoms with E-state index in [1.165, 1.54) is 79.6 Å². The van der Waals surface area contributed by atoms with Gasteiger partial charge in [0.1, 0.15) is 0 Å². The smallest absolute Gasteiger partial charge is 0.0602 e. The lowest BCUT2D eigenvalue weighted by molar-refractivity contribution is 0.115. The van der Waals surface area contributed by atoms with E-state index in [2.05, 4.69) is 113 Å². The maximum atomic E-state index is 2.68. The summed E-state index contributed by atoms with van der Waals surface area (Å²) in [5, 5.41) is 0. The molecular formula is C36H48ClN3. The molecule has 1 saturated heterocycles. The van der Waals surface area contributed by atoms with Gasteiger partial charge in [-0.3, -0.25) is 9.80 Å². The number of halogens is 1. The van der Waals surface area contributed by atoms with E-state index in [1.807, 2.05) is 0 Å². The van der Waals surface area contributed by atoms with Crippen LogP contribution >= 0.6 is 12.4 Å². The average Bonchev–Trinajstić information content (AvgIpc) is 2.99. The van der Waals surface area contributed by atoms with Crippen molar-refractivity contribution in [2.45, 2.75) is 58.4 Å². The quantitative estimate of drug-likeness (QED) is 0.222. The zero-order chi connectivity index (χ0) is 26.9. The average molecular weight is 558 g/mol. The number of hydrogen-bond donors (Lipinski definition) is 0. The lowest BCUT2D eigenvalue weighted by atomic mass is 9.91. The second-order valence-electron chi connectivity index (χ2n) is 11.4. The van der Waals surface area contributed by atoms with Crippen LogP contribution in [0.2, 0.25) is 0 Å². The van der Waals surface area contributed by atoms with Crippen molar-refractivity contribution in [1.82, 2.24) is 9.80 Å². The van der Waals surface area contributed by atoms with Crippen LogP contribution in [0.5, 0.6) is 0 Å². The first-order chi connectivity index (χ1) is 19.2. The molecule has 214 valence electrons. The van der Waals surface area contributed by atoms with Gasteiger partial charge in [-0.1, -0.05) is 105 Å². The van der Waals surface area contributed by atoms with Gasteiger partial charge in [0.2, 0.25) is 0 Å². The Morgan fingerprint density at radius 1 is 0.725 bits per heavy atom. The van der Waals surface area contributed by atoms with Crippen molar-refractivity contribution in [3.05, 3.63) is 107 Å². The van der Waals surface area contributed by atoms with Crippen LogP contribution in [0.15, 0.2) is 84.4 Å². The highest BCUT2D eigenvalue weighted by atomic mass is 35.5. The third-order valence-electron chi connectivity index (χ3n) is 8.56. The van der Waals surface area contributed by atoms with Gasteiger partial charge in [0, 0.05) is 51.5 Å². The van der Waals surface area contributed by atoms with E-state index in [0.29, 0.717) is 6.04 Å². The Kier molecular flexibility index (Phi) is 11.7. The number of nitrogens with zero attached hydrogens (tertiary/aromatic N) is 3. The fourth-order valence-electron chi connectivity index (χ4n) is 6.28. The molecule has 4 heteroatoms. The Morgan fingerprint density at radius 2 is 1.32 bits per heavy atom. The molecule has 0 unspecified atom stereocenters. The summed E-state index contributed by atoms with van der Waals surface area (Å²) in [5.74, 6) is 0. The molecule has 3 aromatic rings. The summed E-state index contributed by atoms with van der Waals surface area (Å²) in [5.41, 5.74) is 8.79. The van der Waals surface area contributed by atoms with Crippen molar-refractivity contribution in [1.29, 1.82) is 0 Å². The van der Waals surface area contributed by atoms with Crippen LogP contribution in [0.25, 0.3) is 6.08 Å². The molecule has 1 aliphatic heterocycles. The Hall–Kier alpha value is -2.59. The Bertz CT molecular complexity index is 1140. The van der Waals surface area contributed by atoms with Crippen molar-refractivity contribution >= 4 is 24.2 Å². The maximum Gasteiger partial charge on any atom is 0.0602 e. The van der Waals surface area contributed by atoms with Crippen LogP contribution in [-0.4, -0.2) is 55.6 Å². The van der Waals surface area contributed by atoms with E-state index >= 15 is 0 Å². The normalized spacial score (nSPS) is 15.8. The molecule has 3 aromatic carbocycles. The van der Waals surface area contributed by atoms with E-state index in [4.69, 9.17) is 0 Å². The van der Waals surface area contributed by atoms with Crippen LogP contribution < -0.4 is 4.90 Å². The predicted molar refractivity (Wildman–Crippen MR) is 175 cm³/mol. The van der Waals surface area contributed by atoms with Crippen LogP contribution in [0.1, 0.15) is 74.2 Å². The van der Waals surface area contributed by atoms with Gasteiger partial charge in [0.05, 0.1) is 6.04 Å². The second-order valence-corrected chi connectivity index (χ2v) is 11.4. The molecule has 2 aliphatic rings. The highest BCUT2D eigenvalue weighted by Gasteiger charge is 2.27. The van der Waals surface area contributed by atoms with Crippen LogP contribution in [0.3, 0.4) is 0 Å². The lowest BCUT2D eigenvalue weighted by Gasteiger charge is -2.40. The standard InChI is InChI=1S/C36H47N3.ClH/c1-3-5-21-38(22-6-4-2)35-20-19-33-27-30(17-18-34(33)28-35)29-37-23-25-39(26-24-37)36(31-13-9-7-10-14-31)32-15-11-8-12-16-32;/h7-16,19-20,27-28,36H,3-6,17-18,21-26,29H2,1-2H3;1H. The fourth-order valence-corrected chi connectivity index (χ4v) is 6.28. The first-order valence-corrected chi connectivity index (χ1v) is 15.4. The van der Waals surface area contributed by atoms with E-state index < -0.39 is 0 Å². The molecule has 0 saturated carbocycles. The molecule has 40 heavy (non-hydrogen) atoms. The van der Waals surface area contributed by atoms with Crippen molar-refractivity contribution in [3.8, 4) is 0 Å². The molecule has 3 nitrogen and oxygen atoms in total. The number of rotatable bonds is 12. The summed E-state index contributed by atoms with van der Waals surface area (Å²) in [6.07, 6.45) is 9.92. The first kappa shape index (κ1) is 30.4. The Morgan fingerprint density at radius 3 is 1.90 bits per heavy atom. The van der Waals surface area contributed by atoms with Gasteiger partial charge in [-0.15, -0.1) is 12.4 Å². The summed E-state index contributed by atoms with van der Waals surface area (Å²) in [4.78, 5) is 7.96. The summed E-state index contributed by atoms with van der Waals surface area (Å²) < 4.78 is 0. The molecule has 1 heterocycles. The van der Waals surface area contributed by atoms with Gasteiger partial charge in [-0.2, -0.15) is 0 Å². The Labute approximate surface area is 249 Å². The third kappa shape index (κ3) is 7.78. The van der Waals surface area contributed by atoms with Crippen molar-refractivity contribution in [2.75, 3.05) is 50.7 Å². The lowest BCUT2D eigenvalue weighted by Crippen LogP contribution is -2.48. The number of anilines is 1. The number of hydrogen-bond acceptors (Lipinski definition) is 3. The number of aryl methyl sites for hydroxylation is 1. The first-order valence-electron chi connectivity index (χ1n) is 15.4. The summed E-state index contributed by atoms with van der Waals surface area (Å²) in [6.45, 7) is 12.5. The third-order valence-corrected chi connectivity index (χ3v) is 8.56. The molecule has 0 atom stereocenters. The maximum absolute atomic E-state index is 2.68. The SMILES string of the molecule is CCCCN(CCCC)c1ccc2c(c1)CCC(CN1CCN(C(c3ccccc3)c3ccccc3)CC1)=C2.Cl. The van der Waals surface area contributed by atoms with Gasteiger partial charge < -0.3 is 4.90 Å². The van der Waals surface area contributed by atoms with Gasteiger partial charge in [0.15, 0.2) is 0 Å². The molecule has 5 rings (SSSR count). The summed E-state index contributed by atoms with van der Waals surface area (Å²) >= 11 is 0. The molecule has 0 spiro atoms. The van der Waals surface area contributed by atoms with Crippen LogP contribution in [-0.2, 0) is 6.42 Å². The number of piperazine rings is 1. The molecule has 0 N–H and O–H groups in total. The molecule has 1 fully saturated rings. The van der Waals surface area contributed by atoms with E-state index in [9.17, 15) is 0 Å². The number of benzene rings is 3. The van der Waals surface area contributed by atoms with Crippen molar-refractivity contribution < 1.29 is 0 Å². The molecule has 0 bridgehead atoms. The zero-order valence-electron chi connectivity index (χ0n) is 24.6. The van der Waals surface area contributed by atoms with Crippen molar-refractivity contribution in [2.24, 2.45) is 0 Å². The summed E-state index contributed by atoms with van der Waals surface area (Å²) in [7, 11) is 0. The van der Waals surface area contributed by atoms with Gasteiger partial charge >= 0.3 is 0 Å². The molecule has 0 amide bonds. The highest BCUT2D eigenvalue weighted by Crippen LogP contribution is 2.31. The van der Waals surface area contributed by atoms with Crippen molar-refractivity contribution in [3.63, 3.8) is 0 Å². The molecule has 1 aliphatic carbocycles. The molecule has 0 radical (unpaired) electrons. The van der Waals surface area contributed by atoms with Crippen LogP contribution in [0.4, 0.5) is 5.69 Å².